The number of phenols is 1. The average Bonchev–Trinajstić information content (AvgIpc) is 2.35. The van der Waals surface area contributed by atoms with Crippen LogP contribution in [0.4, 0.5) is 0 Å². The zero-order valence-corrected chi connectivity index (χ0v) is 7.22. The van der Waals surface area contributed by atoms with E-state index in [4.69, 9.17) is 0 Å². The van der Waals surface area contributed by atoms with Crippen LogP contribution in [-0.2, 0) is 0 Å². The molecule has 2 rings (SSSR count). The molecule has 0 radical (unpaired) electrons. The van der Waals surface area contributed by atoms with Crippen LogP contribution in [0.5, 0.6) is 5.75 Å². The Balaban J connectivity index is 2.94. The second-order valence-electron chi connectivity index (χ2n) is 2.34. The summed E-state index contributed by atoms with van der Waals surface area (Å²) < 4.78 is 0.975. The number of benzene rings is 1. The van der Waals surface area contributed by atoms with Crippen molar-refractivity contribution < 1.29 is 5.11 Å². The van der Waals surface area contributed by atoms with Crippen molar-refractivity contribution in [3.05, 3.63) is 28.9 Å². The number of halogens is 1. The summed E-state index contributed by atoms with van der Waals surface area (Å²) in [5, 5.41) is 10.3. The van der Waals surface area contributed by atoms with Gasteiger partial charge in [-0.3, -0.25) is 0 Å². The number of hydrogen-bond acceptors (Lipinski definition) is 1. The minimum atomic E-state index is 0.285. The first-order valence-electron chi connectivity index (χ1n) is 3.23. The molecular weight excluding hydrogens is 206 g/mol. The largest absolute Gasteiger partial charge is 0.506 e. The minimum absolute atomic E-state index is 0.285. The molecule has 1 heterocycles. The predicted molar refractivity (Wildman–Crippen MR) is 47.7 cm³/mol. The van der Waals surface area contributed by atoms with Crippen LogP contribution in [0.15, 0.2) is 28.9 Å². The Morgan fingerprint density at radius 1 is 1.36 bits per heavy atom. The number of aromatic amines is 1. The Morgan fingerprint density at radius 2 is 2.18 bits per heavy atom. The second-order valence-corrected chi connectivity index (χ2v) is 3.19. The molecule has 0 atom stereocenters. The first-order valence-corrected chi connectivity index (χ1v) is 4.03. The lowest BCUT2D eigenvalue weighted by molar-refractivity contribution is 0.480. The summed E-state index contributed by atoms with van der Waals surface area (Å²) in [6, 6.07) is 5.41. The third-order valence-corrected chi connectivity index (χ3v) is 2.30. The highest BCUT2D eigenvalue weighted by atomic mass is 79.9. The predicted octanol–water partition coefficient (Wildman–Crippen LogP) is 2.64. The van der Waals surface area contributed by atoms with Crippen LogP contribution in [0.1, 0.15) is 0 Å². The molecule has 0 bridgehead atoms. The maximum atomic E-state index is 9.33. The highest BCUT2D eigenvalue weighted by Gasteiger charge is 2.02. The molecule has 0 saturated carbocycles. The number of rotatable bonds is 0. The molecule has 2 N–H and O–H groups in total. The molecule has 0 aliphatic heterocycles. The molecule has 3 heteroatoms. The second kappa shape index (κ2) is 2.27. The Labute approximate surface area is 72.0 Å². The van der Waals surface area contributed by atoms with E-state index in [-0.39, 0.29) is 5.75 Å². The number of aromatic nitrogens is 1. The van der Waals surface area contributed by atoms with Gasteiger partial charge in [0.15, 0.2) is 0 Å². The maximum Gasteiger partial charge on any atom is 0.139 e. The van der Waals surface area contributed by atoms with Crippen LogP contribution >= 0.6 is 15.9 Å². The number of phenolic OH excluding ortho intramolecular Hbond substituents is 1. The van der Waals surface area contributed by atoms with Gasteiger partial charge in [0.05, 0.1) is 5.52 Å². The highest BCUT2D eigenvalue weighted by molar-refractivity contribution is 9.10. The van der Waals surface area contributed by atoms with Crippen molar-refractivity contribution in [1.29, 1.82) is 0 Å². The van der Waals surface area contributed by atoms with E-state index < -0.39 is 0 Å². The van der Waals surface area contributed by atoms with Gasteiger partial charge in [0.25, 0.3) is 0 Å². The van der Waals surface area contributed by atoms with Crippen molar-refractivity contribution >= 4 is 26.8 Å². The molecule has 11 heavy (non-hydrogen) atoms. The number of aromatic hydroxyl groups is 1. The van der Waals surface area contributed by atoms with E-state index in [1.54, 1.807) is 6.07 Å². The third-order valence-electron chi connectivity index (χ3n) is 1.64. The molecule has 0 amide bonds. The average molecular weight is 212 g/mol. The van der Waals surface area contributed by atoms with E-state index in [1.807, 2.05) is 18.3 Å². The van der Waals surface area contributed by atoms with Gasteiger partial charge in [0, 0.05) is 16.1 Å². The fraction of sp³-hybridized carbons (Fsp3) is 0. The number of fused-ring (bicyclic) bond motifs is 1. The maximum absolute atomic E-state index is 9.33. The van der Waals surface area contributed by atoms with Crippen molar-refractivity contribution in [2.45, 2.75) is 0 Å². The smallest absolute Gasteiger partial charge is 0.139 e. The van der Waals surface area contributed by atoms with Gasteiger partial charge in [-0.2, -0.15) is 0 Å². The molecule has 0 spiro atoms. The fourth-order valence-corrected chi connectivity index (χ4v) is 1.55. The number of para-hydroxylation sites is 1. The van der Waals surface area contributed by atoms with Gasteiger partial charge in [-0.25, -0.2) is 0 Å². The van der Waals surface area contributed by atoms with Crippen molar-refractivity contribution in [2.24, 2.45) is 0 Å². The Kier molecular flexibility index (Phi) is 1.39. The number of H-pyrrole nitrogens is 1. The molecule has 0 fully saturated rings. The van der Waals surface area contributed by atoms with Gasteiger partial charge < -0.3 is 10.1 Å². The standard InChI is InChI=1S/C8H6BrNO/c9-6-4-10-8-5(6)2-1-3-7(8)11/h1-4,10-11H. The van der Waals surface area contributed by atoms with E-state index >= 15 is 0 Å². The van der Waals surface area contributed by atoms with Gasteiger partial charge in [-0.1, -0.05) is 12.1 Å². The summed E-state index contributed by atoms with van der Waals surface area (Å²) >= 11 is 3.36. The summed E-state index contributed by atoms with van der Waals surface area (Å²) in [4.78, 5) is 2.96. The zero-order chi connectivity index (χ0) is 7.84. The van der Waals surface area contributed by atoms with Crippen LogP contribution in [-0.4, -0.2) is 10.1 Å². The Hall–Kier alpha value is -0.960. The third kappa shape index (κ3) is 0.922. The SMILES string of the molecule is Oc1cccc2c(Br)c[nH]c12. The molecule has 2 nitrogen and oxygen atoms in total. The molecule has 1 aromatic heterocycles. The molecule has 2 aromatic rings. The van der Waals surface area contributed by atoms with Crippen molar-refractivity contribution in [1.82, 2.24) is 4.98 Å². The van der Waals surface area contributed by atoms with Crippen molar-refractivity contribution in [3.8, 4) is 5.75 Å². The molecule has 0 aliphatic rings. The number of nitrogens with one attached hydrogen (secondary N) is 1. The van der Waals surface area contributed by atoms with E-state index in [2.05, 4.69) is 20.9 Å². The van der Waals surface area contributed by atoms with E-state index in [1.165, 1.54) is 0 Å². The monoisotopic (exact) mass is 211 g/mol. The van der Waals surface area contributed by atoms with Crippen LogP contribution in [0.25, 0.3) is 10.9 Å². The molecular formula is C8H6BrNO. The van der Waals surface area contributed by atoms with Gasteiger partial charge in [0.2, 0.25) is 0 Å². The quantitative estimate of drug-likeness (QED) is 0.691. The van der Waals surface area contributed by atoms with E-state index in [9.17, 15) is 5.11 Å². The van der Waals surface area contributed by atoms with Gasteiger partial charge in [0.1, 0.15) is 5.75 Å². The molecule has 0 unspecified atom stereocenters. The van der Waals surface area contributed by atoms with Crippen LogP contribution in [0.2, 0.25) is 0 Å². The normalized spacial score (nSPS) is 10.6. The Bertz CT molecular complexity index is 394. The number of hydrogen-bond donors (Lipinski definition) is 2. The highest BCUT2D eigenvalue weighted by Crippen LogP contribution is 2.28. The lowest BCUT2D eigenvalue weighted by Gasteiger charge is -1.92. The van der Waals surface area contributed by atoms with Gasteiger partial charge >= 0.3 is 0 Å². The summed E-state index contributed by atoms with van der Waals surface area (Å²) in [5.41, 5.74) is 0.777. The first kappa shape index (κ1) is 6.73. The fourth-order valence-electron chi connectivity index (χ4n) is 1.10. The lowest BCUT2D eigenvalue weighted by atomic mass is 10.2. The summed E-state index contributed by atoms with van der Waals surface area (Å²) in [6.45, 7) is 0. The van der Waals surface area contributed by atoms with Crippen LogP contribution in [0.3, 0.4) is 0 Å². The Morgan fingerprint density at radius 3 is 2.91 bits per heavy atom. The summed E-state index contributed by atoms with van der Waals surface area (Å²) in [5.74, 6) is 0.285. The summed E-state index contributed by atoms with van der Waals surface area (Å²) in [7, 11) is 0. The molecule has 56 valence electrons. The summed E-state index contributed by atoms with van der Waals surface area (Å²) in [6.07, 6.45) is 1.81. The van der Waals surface area contributed by atoms with E-state index in [0.717, 1.165) is 15.4 Å². The zero-order valence-electron chi connectivity index (χ0n) is 5.63. The lowest BCUT2D eigenvalue weighted by Crippen LogP contribution is -1.68. The van der Waals surface area contributed by atoms with Crippen LogP contribution < -0.4 is 0 Å². The molecule has 0 saturated heterocycles. The van der Waals surface area contributed by atoms with Crippen molar-refractivity contribution in [2.75, 3.05) is 0 Å². The topological polar surface area (TPSA) is 36.0 Å². The van der Waals surface area contributed by atoms with Crippen molar-refractivity contribution in [3.63, 3.8) is 0 Å². The van der Waals surface area contributed by atoms with Gasteiger partial charge in [-0.15, -0.1) is 0 Å². The van der Waals surface area contributed by atoms with Gasteiger partial charge in [-0.05, 0) is 22.0 Å². The minimum Gasteiger partial charge on any atom is -0.506 e. The van der Waals surface area contributed by atoms with E-state index in [0.29, 0.717) is 0 Å². The molecule has 1 aromatic carbocycles. The van der Waals surface area contributed by atoms with Crippen LogP contribution in [0, 0.1) is 0 Å². The molecule has 0 aliphatic carbocycles. The first-order chi connectivity index (χ1) is 5.29.